The number of alkyl halides is 2. The van der Waals surface area contributed by atoms with Crippen LogP contribution in [0.3, 0.4) is 0 Å². The van der Waals surface area contributed by atoms with Gasteiger partial charge in [-0.1, -0.05) is 0 Å². The van der Waals surface area contributed by atoms with E-state index in [1.807, 2.05) is 4.90 Å². The first kappa shape index (κ1) is 13.4. The van der Waals surface area contributed by atoms with Crippen molar-refractivity contribution in [2.24, 2.45) is 0 Å². The third kappa shape index (κ3) is 2.91. The molecule has 0 radical (unpaired) electrons. The maximum Gasteiger partial charge on any atom is 0.262 e. The highest BCUT2D eigenvalue weighted by Crippen LogP contribution is 2.32. The molecule has 1 N–H and O–H groups in total. The van der Waals surface area contributed by atoms with Crippen LogP contribution in [-0.2, 0) is 0 Å². The third-order valence-electron chi connectivity index (χ3n) is 2.44. The van der Waals surface area contributed by atoms with Crippen molar-refractivity contribution < 1.29 is 8.78 Å². The van der Waals surface area contributed by atoms with Gasteiger partial charge in [0.15, 0.2) is 0 Å². The summed E-state index contributed by atoms with van der Waals surface area (Å²) in [5.41, 5.74) is 0. The molecule has 2 rings (SSSR count). The van der Waals surface area contributed by atoms with E-state index < -0.39 is 5.92 Å². The van der Waals surface area contributed by atoms with Crippen LogP contribution in [0.25, 0.3) is 0 Å². The summed E-state index contributed by atoms with van der Waals surface area (Å²) in [4.78, 5) is 1.89. The molecule has 13 heavy (non-hydrogen) atoms. The Balaban J connectivity index is 0.000000720. The Morgan fingerprint density at radius 1 is 1.31 bits per heavy atom. The molecule has 2 heterocycles. The van der Waals surface area contributed by atoms with Crippen LogP contribution in [0.1, 0.15) is 6.42 Å². The quantitative estimate of drug-likeness (QED) is 0.677. The van der Waals surface area contributed by atoms with Crippen molar-refractivity contribution in [3.05, 3.63) is 0 Å². The van der Waals surface area contributed by atoms with Crippen molar-refractivity contribution in [1.29, 1.82) is 0 Å². The molecule has 2 saturated heterocycles. The number of nitrogens with zero attached hydrogens (tertiary/aromatic N) is 1. The summed E-state index contributed by atoms with van der Waals surface area (Å²) in [7, 11) is 0. The molecule has 2 aliphatic heterocycles. The number of piperazine rings is 1. The lowest BCUT2D eigenvalue weighted by Crippen LogP contribution is -2.47. The second-order valence-corrected chi connectivity index (χ2v) is 3.39. The predicted octanol–water partition coefficient (Wildman–Crippen LogP) is 1.14. The molecule has 2 fully saturated rings. The Hall–Kier alpha value is 0.360. The van der Waals surface area contributed by atoms with Crippen LogP contribution in [0.4, 0.5) is 8.78 Å². The summed E-state index contributed by atoms with van der Waals surface area (Å²) in [5.74, 6) is -2.43. The van der Waals surface area contributed by atoms with Crippen molar-refractivity contribution >= 4 is 24.8 Å². The fraction of sp³-hybridized carbons (Fsp3) is 1.00. The SMILES string of the molecule is Cl.Cl.FC1(F)C[C@H]2CNCCN2C1. The van der Waals surface area contributed by atoms with Gasteiger partial charge in [-0.2, -0.15) is 0 Å². The molecule has 80 valence electrons. The molecule has 0 aromatic heterocycles. The van der Waals surface area contributed by atoms with Gasteiger partial charge < -0.3 is 5.32 Å². The lowest BCUT2D eigenvalue weighted by Gasteiger charge is -2.28. The van der Waals surface area contributed by atoms with Gasteiger partial charge in [0.1, 0.15) is 0 Å². The van der Waals surface area contributed by atoms with E-state index in [9.17, 15) is 8.78 Å². The number of nitrogens with one attached hydrogen (secondary N) is 1. The van der Waals surface area contributed by atoms with E-state index in [0.29, 0.717) is 0 Å². The predicted molar refractivity (Wildman–Crippen MR) is 52.3 cm³/mol. The molecule has 2 aliphatic rings. The molecule has 0 bridgehead atoms. The van der Waals surface area contributed by atoms with Gasteiger partial charge in [0.2, 0.25) is 0 Å². The molecular formula is C7H14Cl2F2N2. The highest BCUT2D eigenvalue weighted by atomic mass is 35.5. The summed E-state index contributed by atoms with van der Waals surface area (Å²) in [6.07, 6.45) is 0.0417. The second-order valence-electron chi connectivity index (χ2n) is 3.39. The number of fused-ring (bicyclic) bond motifs is 1. The smallest absolute Gasteiger partial charge is 0.262 e. The van der Waals surface area contributed by atoms with Gasteiger partial charge in [-0.25, -0.2) is 8.78 Å². The average molecular weight is 235 g/mol. The number of rotatable bonds is 0. The van der Waals surface area contributed by atoms with Crippen LogP contribution in [0.5, 0.6) is 0 Å². The topological polar surface area (TPSA) is 15.3 Å². The molecule has 0 unspecified atom stereocenters. The molecule has 1 atom stereocenters. The van der Waals surface area contributed by atoms with Gasteiger partial charge >= 0.3 is 0 Å². The molecule has 0 aromatic rings. The van der Waals surface area contributed by atoms with Crippen LogP contribution in [0, 0.1) is 0 Å². The number of hydrogen-bond acceptors (Lipinski definition) is 2. The Kier molecular flexibility index (Phi) is 4.86. The average Bonchev–Trinajstić information content (AvgIpc) is 2.21. The lowest BCUT2D eigenvalue weighted by molar-refractivity contribution is 0.0125. The molecule has 0 spiro atoms. The first-order valence-corrected chi connectivity index (χ1v) is 4.00. The van der Waals surface area contributed by atoms with Crippen LogP contribution >= 0.6 is 24.8 Å². The van der Waals surface area contributed by atoms with E-state index >= 15 is 0 Å². The Morgan fingerprint density at radius 3 is 2.62 bits per heavy atom. The number of hydrogen-bond donors (Lipinski definition) is 1. The van der Waals surface area contributed by atoms with Crippen molar-refractivity contribution in [2.75, 3.05) is 26.2 Å². The molecule has 0 aromatic carbocycles. The largest absolute Gasteiger partial charge is 0.314 e. The lowest BCUT2D eigenvalue weighted by atomic mass is 10.1. The van der Waals surface area contributed by atoms with Crippen molar-refractivity contribution in [1.82, 2.24) is 10.2 Å². The van der Waals surface area contributed by atoms with E-state index in [4.69, 9.17) is 0 Å². The first-order chi connectivity index (χ1) is 5.17. The Morgan fingerprint density at radius 2 is 2.00 bits per heavy atom. The highest BCUT2D eigenvalue weighted by molar-refractivity contribution is 5.85. The third-order valence-corrected chi connectivity index (χ3v) is 2.44. The second kappa shape index (κ2) is 4.73. The van der Waals surface area contributed by atoms with E-state index in [-0.39, 0.29) is 43.8 Å². The molecule has 0 aliphatic carbocycles. The van der Waals surface area contributed by atoms with E-state index in [1.54, 1.807) is 0 Å². The minimum atomic E-state index is -2.43. The zero-order chi connectivity index (χ0) is 7.90. The van der Waals surface area contributed by atoms with Gasteiger partial charge in [-0.3, -0.25) is 4.90 Å². The van der Waals surface area contributed by atoms with E-state index in [2.05, 4.69) is 5.32 Å². The minimum absolute atomic E-state index is 0. The van der Waals surface area contributed by atoms with Crippen LogP contribution in [0.15, 0.2) is 0 Å². The maximum absolute atomic E-state index is 12.8. The normalized spacial score (nSPS) is 31.4. The van der Waals surface area contributed by atoms with Crippen molar-refractivity contribution in [2.45, 2.75) is 18.4 Å². The van der Waals surface area contributed by atoms with Crippen LogP contribution in [-0.4, -0.2) is 43.0 Å². The minimum Gasteiger partial charge on any atom is -0.314 e. The zero-order valence-corrected chi connectivity index (χ0v) is 8.77. The number of halogens is 4. The zero-order valence-electron chi connectivity index (χ0n) is 7.13. The van der Waals surface area contributed by atoms with E-state index in [0.717, 1.165) is 19.6 Å². The molecule has 6 heteroatoms. The van der Waals surface area contributed by atoms with Crippen molar-refractivity contribution in [3.8, 4) is 0 Å². The summed E-state index contributed by atoms with van der Waals surface area (Å²) in [5, 5.41) is 3.12. The van der Waals surface area contributed by atoms with Gasteiger partial charge in [0, 0.05) is 32.1 Å². The molecular weight excluding hydrogens is 221 g/mol. The first-order valence-electron chi connectivity index (χ1n) is 4.00. The fourth-order valence-electron chi connectivity index (χ4n) is 1.92. The standard InChI is InChI=1S/C7H12F2N2.2ClH/c8-7(9)3-6-4-10-1-2-11(6)5-7;;/h6,10H,1-5H2;2*1H/t6-;;/m0../s1. The Labute approximate surface area is 88.9 Å². The van der Waals surface area contributed by atoms with Gasteiger partial charge in [0.25, 0.3) is 5.92 Å². The summed E-state index contributed by atoms with van der Waals surface area (Å²) in [6, 6.07) is 0.0822. The molecule has 2 nitrogen and oxygen atoms in total. The van der Waals surface area contributed by atoms with Gasteiger partial charge in [-0.05, 0) is 0 Å². The molecule has 0 saturated carbocycles. The summed E-state index contributed by atoms with van der Waals surface area (Å²) < 4.78 is 25.6. The van der Waals surface area contributed by atoms with Crippen LogP contribution in [0.2, 0.25) is 0 Å². The van der Waals surface area contributed by atoms with Crippen molar-refractivity contribution in [3.63, 3.8) is 0 Å². The molecule has 0 amide bonds. The Bertz CT molecular complexity index is 153. The maximum atomic E-state index is 12.8. The summed E-state index contributed by atoms with van der Waals surface area (Å²) in [6.45, 7) is 2.34. The monoisotopic (exact) mass is 234 g/mol. The summed E-state index contributed by atoms with van der Waals surface area (Å²) >= 11 is 0. The highest BCUT2D eigenvalue weighted by Gasteiger charge is 2.45. The van der Waals surface area contributed by atoms with Crippen LogP contribution < -0.4 is 5.32 Å². The fourth-order valence-corrected chi connectivity index (χ4v) is 1.92. The van der Waals surface area contributed by atoms with E-state index in [1.165, 1.54) is 0 Å². The van der Waals surface area contributed by atoms with Gasteiger partial charge in [-0.15, -0.1) is 24.8 Å². The van der Waals surface area contributed by atoms with Gasteiger partial charge in [0.05, 0.1) is 6.54 Å².